The molecule has 0 spiro atoms. The third kappa shape index (κ3) is 3.59. The van der Waals surface area contributed by atoms with Crippen LogP contribution in [0.2, 0.25) is 0 Å². The first-order valence-electron chi connectivity index (χ1n) is 9.57. The van der Waals surface area contributed by atoms with Gasteiger partial charge in [0.1, 0.15) is 11.9 Å². The molecular formula is C23H21N3O3S. The lowest BCUT2D eigenvalue weighted by Crippen LogP contribution is -2.38. The Bertz CT molecular complexity index is 1110. The average molecular weight is 420 g/mol. The third-order valence-electron chi connectivity index (χ3n) is 4.94. The Kier molecular flexibility index (Phi) is 5.37. The second-order valence-electron chi connectivity index (χ2n) is 6.71. The van der Waals surface area contributed by atoms with Crippen molar-refractivity contribution in [3.63, 3.8) is 0 Å². The molecule has 7 heteroatoms. The Balaban J connectivity index is 2.00. The lowest BCUT2D eigenvalue weighted by atomic mass is 9.77. The molecular weight excluding hydrogens is 398 g/mol. The molecule has 0 fully saturated rings. The van der Waals surface area contributed by atoms with Gasteiger partial charge in [0, 0.05) is 0 Å². The fourth-order valence-electron chi connectivity index (χ4n) is 3.56. The Morgan fingerprint density at radius 3 is 1.63 bits per heavy atom. The van der Waals surface area contributed by atoms with E-state index in [0.29, 0.717) is 0 Å². The molecule has 0 amide bonds. The zero-order valence-corrected chi connectivity index (χ0v) is 17.2. The van der Waals surface area contributed by atoms with E-state index in [2.05, 4.69) is 10.1 Å². The van der Waals surface area contributed by atoms with Crippen molar-refractivity contribution in [2.75, 3.05) is 5.75 Å². The minimum absolute atomic E-state index is 0.164. The highest BCUT2D eigenvalue weighted by atomic mass is 32.2. The smallest absolute Gasteiger partial charge is 0.342 e. The fourth-order valence-corrected chi connectivity index (χ4v) is 3.98. The van der Waals surface area contributed by atoms with E-state index in [0.717, 1.165) is 16.7 Å². The highest BCUT2D eigenvalue weighted by molar-refractivity contribution is 7.87. The van der Waals surface area contributed by atoms with Gasteiger partial charge in [-0.1, -0.05) is 91.0 Å². The molecule has 0 saturated heterocycles. The van der Waals surface area contributed by atoms with Gasteiger partial charge in [0.25, 0.3) is 0 Å². The predicted molar refractivity (Wildman–Crippen MR) is 115 cm³/mol. The van der Waals surface area contributed by atoms with E-state index in [4.69, 9.17) is 4.18 Å². The highest BCUT2D eigenvalue weighted by Gasteiger charge is 2.40. The Labute approximate surface area is 175 Å². The van der Waals surface area contributed by atoms with Gasteiger partial charge >= 0.3 is 16.1 Å². The van der Waals surface area contributed by atoms with Crippen LogP contribution < -0.4 is 4.18 Å². The molecule has 3 aromatic carbocycles. The van der Waals surface area contributed by atoms with Crippen molar-refractivity contribution in [2.24, 2.45) is 0 Å². The van der Waals surface area contributed by atoms with E-state index >= 15 is 0 Å². The first-order valence-corrected chi connectivity index (χ1v) is 11.1. The summed E-state index contributed by atoms with van der Waals surface area (Å²) < 4.78 is 30.6. The summed E-state index contributed by atoms with van der Waals surface area (Å²) in [5.74, 6) is -0.164. The first-order chi connectivity index (χ1) is 14.6. The summed E-state index contributed by atoms with van der Waals surface area (Å²) in [4.78, 5) is 4.14. The Morgan fingerprint density at radius 2 is 1.23 bits per heavy atom. The van der Waals surface area contributed by atoms with Crippen LogP contribution in [-0.2, 0) is 15.7 Å². The van der Waals surface area contributed by atoms with Crippen LogP contribution in [0.15, 0.2) is 97.3 Å². The van der Waals surface area contributed by atoms with Crippen LogP contribution in [0.3, 0.4) is 0 Å². The maximum atomic E-state index is 11.9. The topological polar surface area (TPSA) is 74.1 Å². The number of benzene rings is 3. The van der Waals surface area contributed by atoms with Crippen LogP contribution in [0, 0.1) is 0 Å². The van der Waals surface area contributed by atoms with Crippen molar-refractivity contribution in [1.82, 2.24) is 14.8 Å². The van der Waals surface area contributed by atoms with Crippen molar-refractivity contribution in [3.8, 4) is 6.01 Å². The molecule has 0 atom stereocenters. The first kappa shape index (κ1) is 19.8. The molecule has 1 heterocycles. The van der Waals surface area contributed by atoms with E-state index in [-0.39, 0.29) is 11.8 Å². The molecule has 0 N–H and O–H groups in total. The minimum atomic E-state index is -3.74. The van der Waals surface area contributed by atoms with Crippen LogP contribution in [0.25, 0.3) is 0 Å². The van der Waals surface area contributed by atoms with Crippen molar-refractivity contribution < 1.29 is 12.6 Å². The van der Waals surface area contributed by atoms with Gasteiger partial charge in [-0.3, -0.25) is 0 Å². The minimum Gasteiger partial charge on any atom is -0.342 e. The second kappa shape index (κ2) is 8.12. The summed E-state index contributed by atoms with van der Waals surface area (Å²) in [5, 5.41) is 4.45. The zero-order chi connectivity index (χ0) is 21.0. The van der Waals surface area contributed by atoms with Crippen LogP contribution in [0.5, 0.6) is 6.01 Å². The lowest BCUT2D eigenvalue weighted by molar-refractivity contribution is 0.428. The van der Waals surface area contributed by atoms with Crippen molar-refractivity contribution in [3.05, 3.63) is 114 Å². The van der Waals surface area contributed by atoms with Crippen LogP contribution >= 0.6 is 0 Å². The number of hydrogen-bond acceptors (Lipinski definition) is 5. The number of nitrogens with zero attached hydrogens (tertiary/aromatic N) is 3. The summed E-state index contributed by atoms with van der Waals surface area (Å²) in [6.45, 7) is 1.51. The van der Waals surface area contributed by atoms with Gasteiger partial charge < -0.3 is 4.18 Å². The summed E-state index contributed by atoms with van der Waals surface area (Å²) in [5.41, 5.74) is 2.00. The molecule has 4 rings (SSSR count). The van der Waals surface area contributed by atoms with E-state index in [1.807, 2.05) is 91.0 Å². The van der Waals surface area contributed by atoms with Gasteiger partial charge in [0.2, 0.25) is 0 Å². The maximum absolute atomic E-state index is 11.9. The lowest BCUT2D eigenvalue weighted by Gasteiger charge is -2.35. The van der Waals surface area contributed by atoms with Gasteiger partial charge in [-0.15, -0.1) is 5.10 Å². The van der Waals surface area contributed by atoms with Crippen molar-refractivity contribution >= 4 is 10.1 Å². The molecule has 1 aromatic heterocycles. The van der Waals surface area contributed by atoms with Gasteiger partial charge in [-0.2, -0.15) is 13.4 Å². The van der Waals surface area contributed by atoms with Gasteiger partial charge in [0.15, 0.2) is 0 Å². The normalized spacial score (nSPS) is 11.9. The molecule has 30 heavy (non-hydrogen) atoms. The largest absolute Gasteiger partial charge is 0.351 e. The Morgan fingerprint density at radius 1 is 0.800 bits per heavy atom. The molecule has 0 unspecified atom stereocenters. The summed E-state index contributed by atoms with van der Waals surface area (Å²) in [6.07, 6.45) is 1.51. The van der Waals surface area contributed by atoms with Crippen LogP contribution in [0.1, 0.15) is 23.6 Å². The van der Waals surface area contributed by atoms with Crippen LogP contribution in [-0.4, -0.2) is 28.9 Å². The zero-order valence-electron chi connectivity index (χ0n) is 16.4. The molecule has 0 radical (unpaired) electrons. The summed E-state index contributed by atoms with van der Waals surface area (Å²) in [7, 11) is -3.74. The third-order valence-corrected chi connectivity index (χ3v) is 6.05. The monoisotopic (exact) mass is 419 g/mol. The fraction of sp³-hybridized carbons (Fsp3) is 0.130. The predicted octanol–water partition coefficient (Wildman–Crippen LogP) is 3.85. The maximum Gasteiger partial charge on any atom is 0.351 e. The molecule has 0 bridgehead atoms. The van der Waals surface area contributed by atoms with Crippen LogP contribution in [0.4, 0.5) is 0 Å². The SMILES string of the molecule is CCS(=O)(=O)Oc1ncn(C(c2ccccc2)(c2ccccc2)c2ccccc2)n1. The molecule has 0 aliphatic rings. The molecule has 152 valence electrons. The van der Waals surface area contributed by atoms with E-state index < -0.39 is 15.7 Å². The molecule has 0 aliphatic heterocycles. The second-order valence-corrected chi connectivity index (χ2v) is 8.57. The van der Waals surface area contributed by atoms with Gasteiger partial charge in [0.05, 0.1) is 5.75 Å². The number of hydrogen-bond donors (Lipinski definition) is 0. The number of aromatic nitrogens is 3. The average Bonchev–Trinajstić information content (AvgIpc) is 3.24. The number of rotatable bonds is 7. The van der Waals surface area contributed by atoms with E-state index in [9.17, 15) is 8.42 Å². The van der Waals surface area contributed by atoms with Gasteiger partial charge in [-0.25, -0.2) is 4.68 Å². The molecule has 6 nitrogen and oxygen atoms in total. The highest BCUT2D eigenvalue weighted by Crippen LogP contribution is 2.40. The Hall–Kier alpha value is -3.45. The van der Waals surface area contributed by atoms with E-state index in [1.165, 1.54) is 13.3 Å². The molecule has 0 saturated carbocycles. The van der Waals surface area contributed by atoms with E-state index in [1.54, 1.807) is 4.68 Å². The van der Waals surface area contributed by atoms with Crippen molar-refractivity contribution in [1.29, 1.82) is 0 Å². The molecule has 0 aliphatic carbocycles. The van der Waals surface area contributed by atoms with Crippen molar-refractivity contribution in [2.45, 2.75) is 12.5 Å². The standard InChI is InChI=1S/C23H21N3O3S/c1-2-30(27,28)29-22-24-18-26(25-22)23(19-12-6-3-7-13-19,20-14-8-4-9-15-20)21-16-10-5-11-17-21/h3-18H,2H2,1H3. The summed E-state index contributed by atoms with van der Waals surface area (Å²) in [6, 6.07) is 29.6. The quantitative estimate of drug-likeness (QED) is 0.336. The summed E-state index contributed by atoms with van der Waals surface area (Å²) >= 11 is 0. The molecule has 4 aromatic rings. The van der Waals surface area contributed by atoms with Gasteiger partial charge in [-0.05, 0) is 23.6 Å².